The number of hydrogen-bond acceptors (Lipinski definition) is 5. The van der Waals surface area contributed by atoms with Crippen LogP contribution in [0.2, 0.25) is 0 Å². The van der Waals surface area contributed by atoms with Crippen molar-refractivity contribution in [3.63, 3.8) is 0 Å². The number of rotatable bonds is 4. The van der Waals surface area contributed by atoms with Gasteiger partial charge in [-0.25, -0.2) is 23.1 Å². The average molecular weight is 385 g/mol. The number of nitrogens with one attached hydrogen (secondary N) is 1. The van der Waals surface area contributed by atoms with Crippen LogP contribution in [0.25, 0.3) is 16.9 Å². The Bertz CT molecular complexity index is 1080. The molecule has 7 nitrogen and oxygen atoms in total. The van der Waals surface area contributed by atoms with Crippen LogP contribution in [-0.4, -0.2) is 28.8 Å². The molecule has 0 radical (unpaired) electrons. The van der Waals surface area contributed by atoms with Crippen LogP contribution in [0, 0.1) is 6.92 Å². The molecule has 2 heterocycles. The van der Waals surface area contributed by atoms with E-state index in [4.69, 9.17) is 5.73 Å². The quantitative estimate of drug-likeness (QED) is 0.719. The van der Waals surface area contributed by atoms with Gasteiger partial charge in [0.25, 0.3) is 0 Å². The van der Waals surface area contributed by atoms with E-state index in [1.807, 2.05) is 17.4 Å². The lowest BCUT2D eigenvalue weighted by molar-refractivity contribution is 0.412. The normalized spacial score (nSPS) is 16.0. The second-order valence-corrected chi connectivity index (χ2v) is 8.80. The molecule has 142 valence electrons. The number of nitrogens with zero attached hydrogens (tertiary/aromatic N) is 3. The molecule has 0 bridgehead atoms. The minimum atomic E-state index is -3.57. The van der Waals surface area contributed by atoms with Crippen molar-refractivity contribution < 1.29 is 8.42 Å². The van der Waals surface area contributed by atoms with Gasteiger partial charge in [-0.3, -0.25) is 4.40 Å². The average Bonchev–Trinajstić information content (AvgIpc) is 3.08. The van der Waals surface area contributed by atoms with E-state index in [2.05, 4.69) is 14.7 Å². The number of nitrogens with two attached hydrogens (primary N) is 1. The van der Waals surface area contributed by atoms with Crippen LogP contribution in [0.1, 0.15) is 37.7 Å². The first-order valence-electron chi connectivity index (χ1n) is 9.16. The van der Waals surface area contributed by atoms with Crippen molar-refractivity contribution in [3.05, 3.63) is 42.4 Å². The summed E-state index contributed by atoms with van der Waals surface area (Å²) in [6.45, 7) is 1.95. The minimum absolute atomic E-state index is 0.0233. The molecule has 0 aliphatic heterocycles. The lowest BCUT2D eigenvalue weighted by Crippen LogP contribution is -2.36. The van der Waals surface area contributed by atoms with Gasteiger partial charge in [0.2, 0.25) is 10.0 Å². The van der Waals surface area contributed by atoms with Gasteiger partial charge in [0.15, 0.2) is 11.5 Å². The maximum Gasteiger partial charge on any atom is 0.240 e. The third kappa shape index (κ3) is 3.42. The number of nitrogen functional groups attached to an aromatic ring is 1. The first kappa shape index (κ1) is 17.9. The van der Waals surface area contributed by atoms with Crippen molar-refractivity contribution in [2.24, 2.45) is 0 Å². The number of aryl methyl sites for hydroxylation is 1. The first-order chi connectivity index (χ1) is 13.0. The zero-order chi connectivity index (χ0) is 19.0. The van der Waals surface area contributed by atoms with Gasteiger partial charge in [-0.05, 0) is 37.5 Å². The minimum Gasteiger partial charge on any atom is -0.381 e. The third-order valence-corrected chi connectivity index (χ3v) is 6.70. The number of hydrogen-bond donors (Lipinski definition) is 2. The molecule has 0 atom stereocenters. The number of anilines is 1. The summed E-state index contributed by atoms with van der Waals surface area (Å²) in [7, 11) is -3.57. The third-order valence-electron chi connectivity index (χ3n) is 5.18. The smallest absolute Gasteiger partial charge is 0.240 e. The molecule has 1 aliphatic carbocycles. The topological polar surface area (TPSA) is 102 Å². The van der Waals surface area contributed by atoms with E-state index in [0.717, 1.165) is 42.5 Å². The molecule has 0 unspecified atom stereocenters. The van der Waals surface area contributed by atoms with Gasteiger partial charge in [0.1, 0.15) is 0 Å². The van der Waals surface area contributed by atoms with Gasteiger partial charge in [-0.15, -0.1) is 0 Å². The predicted molar refractivity (Wildman–Crippen MR) is 105 cm³/mol. The second kappa shape index (κ2) is 6.94. The highest BCUT2D eigenvalue weighted by molar-refractivity contribution is 7.89. The van der Waals surface area contributed by atoms with Crippen molar-refractivity contribution in [2.45, 2.75) is 50.0 Å². The Morgan fingerprint density at radius 2 is 1.96 bits per heavy atom. The molecule has 0 saturated heterocycles. The van der Waals surface area contributed by atoms with Crippen LogP contribution in [-0.2, 0) is 10.0 Å². The summed E-state index contributed by atoms with van der Waals surface area (Å²) >= 11 is 0. The van der Waals surface area contributed by atoms with E-state index in [1.54, 1.807) is 30.7 Å². The van der Waals surface area contributed by atoms with E-state index in [9.17, 15) is 8.42 Å². The molecule has 4 rings (SSSR count). The number of aromatic nitrogens is 3. The van der Waals surface area contributed by atoms with E-state index in [1.165, 1.54) is 6.42 Å². The lowest BCUT2D eigenvalue weighted by atomic mass is 9.96. The van der Waals surface area contributed by atoms with Gasteiger partial charge in [0, 0.05) is 24.0 Å². The zero-order valence-corrected chi connectivity index (χ0v) is 16.0. The van der Waals surface area contributed by atoms with Gasteiger partial charge in [-0.1, -0.05) is 25.3 Å². The Balaban J connectivity index is 1.74. The fraction of sp³-hybridized carbons (Fsp3) is 0.368. The maximum atomic E-state index is 12.9. The molecule has 2 aromatic heterocycles. The Morgan fingerprint density at radius 3 is 2.74 bits per heavy atom. The maximum absolute atomic E-state index is 12.9. The molecular formula is C19H23N5O2S. The van der Waals surface area contributed by atoms with Crippen LogP contribution in [0.15, 0.2) is 41.7 Å². The van der Waals surface area contributed by atoms with Gasteiger partial charge in [0.05, 0.1) is 16.8 Å². The number of benzene rings is 1. The van der Waals surface area contributed by atoms with Crippen LogP contribution in [0.3, 0.4) is 0 Å². The highest BCUT2D eigenvalue weighted by atomic mass is 32.2. The van der Waals surface area contributed by atoms with Crippen LogP contribution < -0.4 is 10.5 Å². The fourth-order valence-electron chi connectivity index (χ4n) is 3.69. The standard InChI is InChI=1S/C19H23N5O2S/c1-13-7-8-15(27(25,26)23-14-5-3-2-4-6-14)11-16(13)17-12-22-19-18(20)21-9-10-24(17)19/h7-12,14,23H,2-6H2,1H3,(H2,20,21). The Hall–Kier alpha value is -2.45. The van der Waals surface area contributed by atoms with Crippen molar-refractivity contribution in [1.82, 2.24) is 19.1 Å². The van der Waals surface area contributed by atoms with Gasteiger partial charge in [-0.2, -0.15) is 0 Å². The molecule has 27 heavy (non-hydrogen) atoms. The highest BCUT2D eigenvalue weighted by Crippen LogP contribution is 2.28. The summed E-state index contributed by atoms with van der Waals surface area (Å²) in [6.07, 6.45) is 10.2. The summed E-state index contributed by atoms with van der Waals surface area (Å²) in [6, 6.07) is 5.22. The Kier molecular flexibility index (Phi) is 4.61. The molecule has 1 aliphatic rings. The van der Waals surface area contributed by atoms with E-state index < -0.39 is 10.0 Å². The Labute approximate surface area is 158 Å². The molecule has 3 N–H and O–H groups in total. The molecule has 1 aromatic carbocycles. The van der Waals surface area contributed by atoms with Crippen molar-refractivity contribution in [3.8, 4) is 11.3 Å². The molecule has 1 fully saturated rings. The SMILES string of the molecule is Cc1ccc(S(=O)(=O)NC2CCCCC2)cc1-c1cnc2c(N)nccn12. The summed E-state index contributed by atoms with van der Waals surface area (Å²) < 4.78 is 30.5. The molecule has 8 heteroatoms. The highest BCUT2D eigenvalue weighted by Gasteiger charge is 2.23. The zero-order valence-electron chi connectivity index (χ0n) is 15.2. The van der Waals surface area contributed by atoms with Crippen LogP contribution >= 0.6 is 0 Å². The van der Waals surface area contributed by atoms with Crippen molar-refractivity contribution in [1.29, 1.82) is 0 Å². The summed E-state index contributed by atoms with van der Waals surface area (Å²) in [5.74, 6) is 0.337. The largest absolute Gasteiger partial charge is 0.381 e. The summed E-state index contributed by atoms with van der Waals surface area (Å²) in [4.78, 5) is 8.65. The van der Waals surface area contributed by atoms with E-state index in [-0.39, 0.29) is 10.9 Å². The second-order valence-electron chi connectivity index (χ2n) is 7.08. The van der Waals surface area contributed by atoms with E-state index in [0.29, 0.717) is 11.5 Å². The fourth-order valence-corrected chi connectivity index (χ4v) is 5.02. The molecule has 0 amide bonds. The summed E-state index contributed by atoms with van der Waals surface area (Å²) in [5.41, 5.74) is 9.00. The predicted octanol–water partition coefficient (Wildman–Crippen LogP) is 2.90. The van der Waals surface area contributed by atoms with E-state index >= 15 is 0 Å². The molecule has 1 saturated carbocycles. The lowest BCUT2D eigenvalue weighted by Gasteiger charge is -2.22. The van der Waals surface area contributed by atoms with Crippen LogP contribution in [0.4, 0.5) is 5.82 Å². The van der Waals surface area contributed by atoms with Crippen molar-refractivity contribution in [2.75, 3.05) is 5.73 Å². The number of imidazole rings is 1. The van der Waals surface area contributed by atoms with Gasteiger partial charge < -0.3 is 5.73 Å². The molecule has 3 aromatic rings. The first-order valence-corrected chi connectivity index (χ1v) is 10.6. The Morgan fingerprint density at radius 1 is 1.19 bits per heavy atom. The van der Waals surface area contributed by atoms with Gasteiger partial charge >= 0.3 is 0 Å². The molecule has 0 spiro atoms. The monoisotopic (exact) mass is 385 g/mol. The van der Waals surface area contributed by atoms with Crippen molar-refractivity contribution >= 4 is 21.5 Å². The molecular weight excluding hydrogens is 362 g/mol. The number of sulfonamides is 1. The summed E-state index contributed by atoms with van der Waals surface area (Å²) in [5, 5.41) is 0. The number of fused-ring (bicyclic) bond motifs is 1. The van der Waals surface area contributed by atoms with Crippen LogP contribution in [0.5, 0.6) is 0 Å².